The molecule has 0 aliphatic carbocycles. The molecule has 3 heterocycles. The molecular weight excluding hydrogens is 386 g/mol. The zero-order chi connectivity index (χ0) is 20.0. The van der Waals surface area contributed by atoms with Crippen molar-refractivity contribution in [2.75, 3.05) is 42.6 Å². The van der Waals surface area contributed by atoms with Crippen LogP contribution in [0.15, 0.2) is 47.4 Å². The first kappa shape index (κ1) is 18.9. The van der Waals surface area contributed by atoms with Crippen LogP contribution in [0.25, 0.3) is 0 Å². The van der Waals surface area contributed by atoms with Crippen LogP contribution in [0.5, 0.6) is 0 Å². The number of ether oxygens (including phenoxy) is 1. The molecule has 7 heteroatoms. The molecule has 2 saturated heterocycles. The second-order valence-electron chi connectivity index (χ2n) is 8.10. The molecule has 0 aromatic heterocycles. The van der Waals surface area contributed by atoms with E-state index < -0.39 is 10.0 Å². The molecule has 0 saturated carbocycles. The van der Waals surface area contributed by atoms with E-state index in [0.717, 1.165) is 30.9 Å². The van der Waals surface area contributed by atoms with Gasteiger partial charge >= 0.3 is 0 Å². The number of hydrogen-bond donors (Lipinski definition) is 0. The molecule has 2 fully saturated rings. The van der Waals surface area contributed by atoms with E-state index in [-0.39, 0.29) is 0 Å². The second-order valence-corrected chi connectivity index (χ2v) is 10.0. The van der Waals surface area contributed by atoms with E-state index in [1.54, 1.807) is 10.4 Å². The number of sulfonamides is 1. The van der Waals surface area contributed by atoms with Crippen molar-refractivity contribution in [3.05, 3.63) is 53.6 Å². The van der Waals surface area contributed by atoms with Gasteiger partial charge in [0.15, 0.2) is 0 Å². The summed E-state index contributed by atoms with van der Waals surface area (Å²) in [7, 11) is -3.50. The normalized spacial score (nSPS) is 22.0. The molecular formula is C22H27N3O3S. The molecule has 0 N–H and O–H groups in total. The van der Waals surface area contributed by atoms with Gasteiger partial charge in [-0.3, -0.25) is 0 Å². The van der Waals surface area contributed by atoms with Crippen LogP contribution in [-0.4, -0.2) is 51.7 Å². The lowest BCUT2D eigenvalue weighted by molar-refractivity contribution is 0.0730. The number of nitrogens with zero attached hydrogens (tertiary/aromatic N) is 3. The molecule has 6 nitrogen and oxygen atoms in total. The summed E-state index contributed by atoms with van der Waals surface area (Å²) in [4.78, 5) is 5.19. The molecule has 0 bridgehead atoms. The first-order chi connectivity index (χ1) is 14.0. The minimum atomic E-state index is -3.50. The predicted octanol–water partition coefficient (Wildman–Crippen LogP) is 2.96. The van der Waals surface area contributed by atoms with Crippen LogP contribution in [0.3, 0.4) is 0 Å². The first-order valence-corrected chi connectivity index (χ1v) is 11.8. The van der Waals surface area contributed by atoms with Gasteiger partial charge in [0.1, 0.15) is 6.17 Å². The lowest BCUT2D eigenvalue weighted by Gasteiger charge is -2.28. The summed E-state index contributed by atoms with van der Waals surface area (Å²) in [6, 6.07) is 14.3. The van der Waals surface area contributed by atoms with Gasteiger partial charge in [-0.2, -0.15) is 4.31 Å². The van der Waals surface area contributed by atoms with E-state index in [0.29, 0.717) is 37.4 Å². The Kier molecular flexibility index (Phi) is 4.76. The van der Waals surface area contributed by atoms with E-state index >= 15 is 0 Å². The Balaban J connectivity index is 1.50. The summed E-state index contributed by atoms with van der Waals surface area (Å²) in [5.41, 5.74) is 4.68. The fourth-order valence-electron chi connectivity index (χ4n) is 4.67. The molecule has 5 rings (SSSR count). The van der Waals surface area contributed by atoms with Crippen molar-refractivity contribution in [3.8, 4) is 0 Å². The molecule has 1 atom stereocenters. The first-order valence-electron chi connectivity index (χ1n) is 10.3. The van der Waals surface area contributed by atoms with E-state index in [9.17, 15) is 8.42 Å². The van der Waals surface area contributed by atoms with Crippen molar-refractivity contribution in [2.45, 2.75) is 37.4 Å². The Morgan fingerprint density at radius 3 is 2.52 bits per heavy atom. The van der Waals surface area contributed by atoms with E-state index in [1.807, 2.05) is 12.1 Å². The smallest absolute Gasteiger partial charge is 0.243 e. The van der Waals surface area contributed by atoms with Crippen molar-refractivity contribution in [2.24, 2.45) is 0 Å². The highest BCUT2D eigenvalue weighted by atomic mass is 32.2. The van der Waals surface area contributed by atoms with Gasteiger partial charge in [-0.15, -0.1) is 0 Å². The summed E-state index contributed by atoms with van der Waals surface area (Å²) < 4.78 is 33.2. The van der Waals surface area contributed by atoms with Crippen LogP contribution in [-0.2, 0) is 21.3 Å². The van der Waals surface area contributed by atoms with E-state index in [4.69, 9.17) is 4.74 Å². The fourth-order valence-corrected chi connectivity index (χ4v) is 6.10. The molecule has 2 aromatic carbocycles. The molecule has 3 aliphatic heterocycles. The number of fused-ring (bicyclic) bond motifs is 3. The van der Waals surface area contributed by atoms with Gasteiger partial charge in [-0.25, -0.2) is 8.42 Å². The average Bonchev–Trinajstić information content (AvgIpc) is 3.32. The monoisotopic (exact) mass is 413 g/mol. The maximum absolute atomic E-state index is 13.2. The Morgan fingerprint density at radius 1 is 1.00 bits per heavy atom. The Morgan fingerprint density at radius 2 is 1.76 bits per heavy atom. The van der Waals surface area contributed by atoms with Crippen LogP contribution in [0.2, 0.25) is 0 Å². The highest BCUT2D eigenvalue weighted by Crippen LogP contribution is 2.45. The third-order valence-electron chi connectivity index (χ3n) is 6.23. The zero-order valence-corrected chi connectivity index (χ0v) is 17.6. The molecule has 0 spiro atoms. The average molecular weight is 414 g/mol. The van der Waals surface area contributed by atoms with Gasteiger partial charge in [0, 0.05) is 26.2 Å². The lowest BCUT2D eigenvalue weighted by Crippen LogP contribution is -2.40. The van der Waals surface area contributed by atoms with Crippen molar-refractivity contribution in [1.29, 1.82) is 0 Å². The van der Waals surface area contributed by atoms with Gasteiger partial charge in [0.2, 0.25) is 10.0 Å². The summed E-state index contributed by atoms with van der Waals surface area (Å²) in [5.74, 6) is 0. The van der Waals surface area contributed by atoms with Gasteiger partial charge in [0.05, 0.1) is 29.5 Å². The highest BCUT2D eigenvalue weighted by molar-refractivity contribution is 7.89. The van der Waals surface area contributed by atoms with Gasteiger partial charge in [-0.05, 0) is 43.5 Å². The molecule has 0 unspecified atom stereocenters. The van der Waals surface area contributed by atoms with Crippen molar-refractivity contribution in [3.63, 3.8) is 0 Å². The number of anilines is 2. The van der Waals surface area contributed by atoms with Crippen LogP contribution in [0.1, 0.15) is 24.0 Å². The third kappa shape index (κ3) is 3.31. The minimum absolute atomic E-state index is 0.313. The fraction of sp³-hybridized carbons (Fsp3) is 0.455. The number of morpholine rings is 1. The van der Waals surface area contributed by atoms with E-state index in [2.05, 4.69) is 41.0 Å². The molecule has 3 aliphatic rings. The van der Waals surface area contributed by atoms with Gasteiger partial charge in [0.25, 0.3) is 0 Å². The third-order valence-corrected chi connectivity index (χ3v) is 8.12. The van der Waals surface area contributed by atoms with Crippen molar-refractivity contribution in [1.82, 2.24) is 4.31 Å². The summed E-state index contributed by atoms with van der Waals surface area (Å²) in [6.45, 7) is 5.66. The standard InChI is InChI=1S/C22H27N3O3S/c1-17-4-6-18(7-5-17)16-25-21-15-19(29(26,27)23-11-13-28-14-12-23)8-9-20(21)24-10-2-3-22(24)25/h4-9,15,22H,2-3,10-14,16H2,1H3/t22-/m1/s1. The largest absolute Gasteiger partial charge is 0.379 e. The number of hydrogen-bond acceptors (Lipinski definition) is 5. The number of rotatable bonds is 4. The second kappa shape index (κ2) is 7.31. The number of aryl methyl sites for hydroxylation is 1. The quantitative estimate of drug-likeness (QED) is 0.771. The lowest BCUT2D eigenvalue weighted by atomic mass is 10.1. The molecule has 154 valence electrons. The Hall–Kier alpha value is -2.09. The maximum atomic E-state index is 13.2. The highest BCUT2D eigenvalue weighted by Gasteiger charge is 2.40. The molecule has 2 aromatic rings. The maximum Gasteiger partial charge on any atom is 0.243 e. The molecule has 0 amide bonds. The topological polar surface area (TPSA) is 53.1 Å². The van der Waals surface area contributed by atoms with Gasteiger partial charge in [-0.1, -0.05) is 29.8 Å². The van der Waals surface area contributed by atoms with Crippen LogP contribution in [0, 0.1) is 6.92 Å². The SMILES string of the molecule is Cc1ccc(CN2c3cc(S(=O)(=O)N4CCOCC4)ccc3N3CCC[C@H]32)cc1. The molecule has 0 radical (unpaired) electrons. The number of benzene rings is 2. The van der Waals surface area contributed by atoms with Crippen molar-refractivity contribution < 1.29 is 13.2 Å². The zero-order valence-electron chi connectivity index (χ0n) is 16.8. The van der Waals surface area contributed by atoms with Crippen LogP contribution in [0.4, 0.5) is 11.4 Å². The summed E-state index contributed by atoms with van der Waals surface area (Å²) in [6.07, 6.45) is 2.58. The minimum Gasteiger partial charge on any atom is -0.379 e. The van der Waals surface area contributed by atoms with Crippen molar-refractivity contribution >= 4 is 21.4 Å². The van der Waals surface area contributed by atoms with E-state index in [1.165, 1.54) is 17.5 Å². The summed E-state index contributed by atoms with van der Waals surface area (Å²) in [5, 5.41) is 0. The van der Waals surface area contributed by atoms with Gasteiger partial charge < -0.3 is 14.5 Å². The molecule has 29 heavy (non-hydrogen) atoms. The van der Waals surface area contributed by atoms with Crippen LogP contribution >= 0.6 is 0 Å². The summed E-state index contributed by atoms with van der Waals surface area (Å²) >= 11 is 0. The Labute approximate surface area is 172 Å². The van der Waals surface area contributed by atoms with Crippen LogP contribution < -0.4 is 9.80 Å². The Bertz CT molecular complexity index is 1000. The predicted molar refractivity (Wildman–Crippen MR) is 114 cm³/mol.